The topological polar surface area (TPSA) is 74.0 Å². The number of esters is 1. The van der Waals surface area contributed by atoms with Gasteiger partial charge in [0.25, 0.3) is 0 Å². The number of carbonyl (C=O) groups excluding carboxylic acids is 1. The van der Waals surface area contributed by atoms with Gasteiger partial charge in [-0.25, -0.2) is 10.0 Å². The Kier molecular flexibility index (Phi) is 5.97. The third-order valence-corrected chi connectivity index (χ3v) is 4.06. The highest BCUT2D eigenvalue weighted by Crippen LogP contribution is 2.23. The molecule has 0 aromatic heterocycles. The highest BCUT2D eigenvalue weighted by Gasteiger charge is 2.06. The van der Waals surface area contributed by atoms with Gasteiger partial charge >= 0.3 is 5.97 Å². The van der Waals surface area contributed by atoms with E-state index in [9.17, 15) is 10.0 Å². The van der Waals surface area contributed by atoms with Crippen molar-refractivity contribution >= 4 is 23.4 Å². The molecular weight excluding hydrogens is 302 g/mol. The zero-order chi connectivity index (χ0) is 15.9. The molecule has 0 spiro atoms. The maximum absolute atomic E-state index is 11.5. The predicted octanol–water partition coefficient (Wildman–Crippen LogP) is 2.56. The molecule has 116 valence electrons. The average Bonchev–Trinajstić information content (AvgIpc) is 2.54. The second kappa shape index (κ2) is 7.95. The lowest BCUT2D eigenvalue weighted by Crippen LogP contribution is -2.99. The molecule has 2 aromatic rings. The second-order valence-corrected chi connectivity index (χ2v) is 5.58. The number of nitrogens with one attached hydrogen (secondary N) is 1. The lowest BCUT2D eigenvalue weighted by atomic mass is 10.1. The maximum atomic E-state index is 11.5. The summed E-state index contributed by atoms with van der Waals surface area (Å²) in [5.41, 5.74) is 1.91. The van der Waals surface area contributed by atoms with Crippen LogP contribution in [0.1, 0.15) is 22.8 Å². The average molecular weight is 319 g/mol. The normalized spacial score (nSPS) is 12.0. The fourth-order valence-electron chi connectivity index (χ4n) is 1.81. The molecule has 0 fully saturated rings. The molecule has 5 nitrogen and oxygen atoms in total. The minimum atomic E-state index is -0.925. The van der Waals surface area contributed by atoms with Gasteiger partial charge in [0.2, 0.25) is 0 Å². The standard InChI is InChI=1S/C16H17NO4S/c1-2-21-16(18)13-5-3-12(4-6-13)11-22-15-9-7-14(8-10-15)17(19)20/h3-10,17,19H,2,11H2,1H3. The number of hydrogen-bond acceptors (Lipinski definition) is 5. The van der Waals surface area contributed by atoms with Gasteiger partial charge in [-0.3, -0.25) is 0 Å². The highest BCUT2D eigenvalue weighted by molar-refractivity contribution is 7.98. The van der Waals surface area contributed by atoms with Gasteiger partial charge in [0.05, 0.1) is 12.2 Å². The van der Waals surface area contributed by atoms with Crippen molar-refractivity contribution in [1.29, 1.82) is 0 Å². The van der Waals surface area contributed by atoms with E-state index in [0.29, 0.717) is 12.2 Å². The highest BCUT2D eigenvalue weighted by atomic mass is 32.2. The van der Waals surface area contributed by atoms with Gasteiger partial charge in [-0.05, 0) is 36.8 Å². The summed E-state index contributed by atoms with van der Waals surface area (Å²) in [4.78, 5) is 12.5. The molecule has 0 saturated carbocycles. The van der Waals surface area contributed by atoms with E-state index in [1.807, 2.05) is 12.1 Å². The van der Waals surface area contributed by atoms with Crippen molar-refractivity contribution in [3.8, 4) is 0 Å². The lowest BCUT2D eigenvalue weighted by Gasteiger charge is -2.11. The van der Waals surface area contributed by atoms with Crippen molar-refractivity contribution in [1.82, 2.24) is 0 Å². The zero-order valence-electron chi connectivity index (χ0n) is 12.1. The molecule has 2 N–H and O–H groups in total. The van der Waals surface area contributed by atoms with Gasteiger partial charge in [0.1, 0.15) is 0 Å². The van der Waals surface area contributed by atoms with Crippen molar-refractivity contribution in [3.63, 3.8) is 0 Å². The van der Waals surface area contributed by atoms with E-state index in [1.54, 1.807) is 55.1 Å². The molecule has 0 aliphatic heterocycles. The van der Waals surface area contributed by atoms with Crippen LogP contribution in [0.3, 0.4) is 0 Å². The Bertz CT molecular complexity index is 611. The first-order chi connectivity index (χ1) is 10.6. The summed E-state index contributed by atoms with van der Waals surface area (Å²) >= 11 is 1.61. The molecule has 0 saturated heterocycles. The van der Waals surface area contributed by atoms with Crippen LogP contribution >= 0.6 is 11.8 Å². The first kappa shape index (κ1) is 16.5. The molecule has 22 heavy (non-hydrogen) atoms. The number of thioether (sulfide) groups is 1. The van der Waals surface area contributed by atoms with Crippen LogP contribution in [-0.2, 0) is 10.5 Å². The van der Waals surface area contributed by atoms with Gasteiger partial charge in [-0.15, -0.1) is 11.8 Å². The second-order valence-electron chi connectivity index (χ2n) is 4.54. The summed E-state index contributed by atoms with van der Waals surface area (Å²) in [7, 11) is 0. The summed E-state index contributed by atoms with van der Waals surface area (Å²) < 4.78 is 4.94. The van der Waals surface area contributed by atoms with Gasteiger partial charge in [-0.2, -0.15) is 5.23 Å². The van der Waals surface area contributed by atoms with E-state index in [-0.39, 0.29) is 11.7 Å². The molecule has 0 amide bonds. The van der Waals surface area contributed by atoms with E-state index < -0.39 is 5.23 Å². The van der Waals surface area contributed by atoms with Crippen molar-refractivity contribution in [2.24, 2.45) is 0 Å². The Balaban J connectivity index is 1.92. The summed E-state index contributed by atoms with van der Waals surface area (Å²) in [6.45, 7) is 2.14. The Morgan fingerprint density at radius 1 is 1.18 bits per heavy atom. The SMILES string of the molecule is CCOC(=O)c1ccc(CSc2ccc([NH+]([O-])O)cc2)cc1. The zero-order valence-corrected chi connectivity index (χ0v) is 12.9. The molecule has 0 aliphatic rings. The minimum Gasteiger partial charge on any atom is -0.595 e. The third kappa shape index (κ3) is 4.57. The van der Waals surface area contributed by atoms with Crippen LogP contribution in [0.15, 0.2) is 53.4 Å². The summed E-state index contributed by atoms with van der Waals surface area (Å²) in [6.07, 6.45) is 0. The van der Waals surface area contributed by atoms with E-state index >= 15 is 0 Å². The van der Waals surface area contributed by atoms with Crippen LogP contribution in [0.25, 0.3) is 0 Å². The molecule has 2 rings (SSSR count). The third-order valence-electron chi connectivity index (χ3n) is 2.97. The van der Waals surface area contributed by atoms with Crippen molar-refractivity contribution in [3.05, 3.63) is 64.9 Å². The number of hydrogen-bond donors (Lipinski definition) is 2. The fourth-order valence-corrected chi connectivity index (χ4v) is 2.67. The lowest BCUT2D eigenvalue weighted by molar-refractivity contribution is -0.991. The number of carbonyl (C=O) groups is 1. The van der Waals surface area contributed by atoms with Gasteiger partial charge < -0.3 is 9.94 Å². The molecule has 0 bridgehead atoms. The molecule has 0 heterocycles. The smallest absolute Gasteiger partial charge is 0.338 e. The molecule has 1 unspecified atom stereocenters. The summed E-state index contributed by atoms with van der Waals surface area (Å²) in [5, 5.41) is 18.7. The van der Waals surface area contributed by atoms with Crippen LogP contribution < -0.4 is 5.23 Å². The Hall–Kier alpha value is -1.86. The Labute approximate surface area is 133 Å². The molecule has 2 aromatic carbocycles. The summed E-state index contributed by atoms with van der Waals surface area (Å²) in [5.74, 6) is 0.432. The fraction of sp³-hybridized carbons (Fsp3) is 0.188. The number of ether oxygens (including phenoxy) is 1. The predicted molar refractivity (Wildman–Crippen MR) is 84.2 cm³/mol. The Morgan fingerprint density at radius 2 is 1.82 bits per heavy atom. The summed E-state index contributed by atoms with van der Waals surface area (Å²) in [6, 6.07) is 14.1. The van der Waals surface area contributed by atoms with Gasteiger partial charge in [0, 0.05) is 22.8 Å². The number of quaternary nitrogens is 1. The quantitative estimate of drug-likeness (QED) is 0.486. The number of benzene rings is 2. The van der Waals surface area contributed by atoms with Crippen LogP contribution in [-0.4, -0.2) is 17.8 Å². The van der Waals surface area contributed by atoms with Crippen LogP contribution in [0.5, 0.6) is 0 Å². The molecule has 0 radical (unpaired) electrons. The van der Waals surface area contributed by atoms with Gasteiger partial charge in [-0.1, -0.05) is 12.1 Å². The van der Waals surface area contributed by atoms with E-state index in [0.717, 1.165) is 16.2 Å². The van der Waals surface area contributed by atoms with Gasteiger partial charge in [0.15, 0.2) is 5.69 Å². The van der Waals surface area contributed by atoms with Crippen LogP contribution in [0.4, 0.5) is 5.69 Å². The van der Waals surface area contributed by atoms with Crippen molar-refractivity contribution < 1.29 is 20.0 Å². The Morgan fingerprint density at radius 3 is 2.36 bits per heavy atom. The number of rotatable bonds is 6. The van der Waals surface area contributed by atoms with Crippen molar-refractivity contribution in [2.75, 3.05) is 6.61 Å². The molecular formula is C16H17NO4S. The molecule has 6 heteroatoms. The van der Waals surface area contributed by atoms with E-state index in [4.69, 9.17) is 9.94 Å². The van der Waals surface area contributed by atoms with E-state index in [1.165, 1.54) is 0 Å². The monoisotopic (exact) mass is 319 g/mol. The first-order valence-electron chi connectivity index (χ1n) is 6.82. The van der Waals surface area contributed by atoms with Crippen LogP contribution in [0.2, 0.25) is 0 Å². The van der Waals surface area contributed by atoms with Crippen molar-refractivity contribution in [2.45, 2.75) is 17.6 Å². The minimum absolute atomic E-state index is 0.281. The largest absolute Gasteiger partial charge is 0.595 e. The van der Waals surface area contributed by atoms with Crippen LogP contribution in [0, 0.1) is 5.21 Å². The molecule has 0 aliphatic carbocycles. The maximum Gasteiger partial charge on any atom is 0.338 e. The molecule has 1 atom stereocenters. The first-order valence-corrected chi connectivity index (χ1v) is 7.81. The van der Waals surface area contributed by atoms with E-state index in [2.05, 4.69) is 0 Å².